The van der Waals surface area contributed by atoms with E-state index in [9.17, 15) is 4.79 Å². The summed E-state index contributed by atoms with van der Waals surface area (Å²) in [6, 6.07) is 6.20. The second-order valence-corrected chi connectivity index (χ2v) is 4.95. The van der Waals surface area contributed by atoms with Crippen molar-refractivity contribution in [1.29, 1.82) is 0 Å². The zero-order valence-electron chi connectivity index (χ0n) is 11.0. The van der Waals surface area contributed by atoms with Gasteiger partial charge >= 0.3 is 0 Å². The molecular formula is C14H22N2O2. The minimum Gasteiger partial charge on any atom is -0.508 e. The number of hydrogen-bond acceptors (Lipinski definition) is 3. The van der Waals surface area contributed by atoms with Crippen LogP contribution in [0.1, 0.15) is 25.8 Å². The van der Waals surface area contributed by atoms with Crippen molar-refractivity contribution in [3.8, 4) is 5.75 Å². The number of hydrogen-bond donors (Lipinski definition) is 3. The summed E-state index contributed by atoms with van der Waals surface area (Å²) in [5.74, 6) is 0.663. The molecule has 0 fully saturated rings. The molecule has 0 saturated carbocycles. The van der Waals surface area contributed by atoms with Crippen LogP contribution in [0.15, 0.2) is 24.3 Å². The summed E-state index contributed by atoms with van der Waals surface area (Å²) in [7, 11) is 0. The Labute approximate surface area is 108 Å². The SMILES string of the molecule is CC(C)CCNC(=O)[C@@H](N)Cc1ccc(O)cc1. The summed E-state index contributed by atoms with van der Waals surface area (Å²) in [5, 5.41) is 12.0. The maximum Gasteiger partial charge on any atom is 0.237 e. The molecule has 1 aromatic carbocycles. The molecule has 0 heterocycles. The molecule has 0 aromatic heterocycles. The number of phenols is 1. The van der Waals surface area contributed by atoms with E-state index in [0.717, 1.165) is 12.0 Å². The molecule has 100 valence electrons. The molecule has 0 saturated heterocycles. The number of phenolic OH excluding ortho intramolecular Hbond substituents is 1. The Kier molecular flexibility index (Phi) is 5.65. The fourth-order valence-electron chi connectivity index (χ4n) is 1.59. The summed E-state index contributed by atoms with van der Waals surface area (Å²) in [6.45, 7) is 4.89. The Morgan fingerprint density at radius 3 is 2.50 bits per heavy atom. The zero-order chi connectivity index (χ0) is 13.5. The molecule has 4 nitrogen and oxygen atoms in total. The van der Waals surface area contributed by atoms with Crippen molar-refractivity contribution in [1.82, 2.24) is 5.32 Å². The monoisotopic (exact) mass is 250 g/mol. The van der Waals surface area contributed by atoms with Gasteiger partial charge in [-0.2, -0.15) is 0 Å². The lowest BCUT2D eigenvalue weighted by Gasteiger charge is -2.13. The maximum absolute atomic E-state index is 11.7. The van der Waals surface area contributed by atoms with Gasteiger partial charge in [0.2, 0.25) is 5.91 Å². The van der Waals surface area contributed by atoms with Gasteiger partial charge in [0, 0.05) is 6.54 Å². The lowest BCUT2D eigenvalue weighted by atomic mass is 10.1. The number of rotatable bonds is 6. The summed E-state index contributed by atoms with van der Waals surface area (Å²) < 4.78 is 0. The van der Waals surface area contributed by atoms with Crippen molar-refractivity contribution in [2.75, 3.05) is 6.54 Å². The van der Waals surface area contributed by atoms with E-state index in [1.807, 2.05) is 0 Å². The van der Waals surface area contributed by atoms with Gasteiger partial charge in [-0.3, -0.25) is 4.79 Å². The molecule has 0 bridgehead atoms. The highest BCUT2D eigenvalue weighted by atomic mass is 16.3. The molecule has 0 spiro atoms. The first kappa shape index (κ1) is 14.5. The maximum atomic E-state index is 11.7. The van der Waals surface area contributed by atoms with Crippen molar-refractivity contribution in [2.24, 2.45) is 11.7 Å². The average molecular weight is 250 g/mol. The van der Waals surface area contributed by atoms with Gasteiger partial charge in [-0.25, -0.2) is 0 Å². The molecule has 1 rings (SSSR count). The summed E-state index contributed by atoms with van der Waals surface area (Å²) in [6.07, 6.45) is 1.44. The molecule has 0 aliphatic rings. The molecule has 18 heavy (non-hydrogen) atoms. The summed E-state index contributed by atoms with van der Waals surface area (Å²) in [4.78, 5) is 11.7. The minimum atomic E-state index is -0.540. The van der Waals surface area contributed by atoms with Gasteiger partial charge in [0.25, 0.3) is 0 Å². The minimum absolute atomic E-state index is 0.122. The van der Waals surface area contributed by atoms with Gasteiger partial charge in [0.05, 0.1) is 6.04 Å². The summed E-state index contributed by atoms with van der Waals surface area (Å²) in [5.41, 5.74) is 6.77. The van der Waals surface area contributed by atoms with Crippen LogP contribution in [0.4, 0.5) is 0 Å². The van der Waals surface area contributed by atoms with Crippen LogP contribution in [0.2, 0.25) is 0 Å². The van der Waals surface area contributed by atoms with E-state index < -0.39 is 6.04 Å². The molecule has 4 heteroatoms. The Morgan fingerprint density at radius 1 is 1.33 bits per heavy atom. The van der Waals surface area contributed by atoms with Crippen LogP contribution >= 0.6 is 0 Å². The third kappa shape index (κ3) is 5.19. The van der Waals surface area contributed by atoms with E-state index in [1.165, 1.54) is 0 Å². The lowest BCUT2D eigenvalue weighted by Crippen LogP contribution is -2.42. The van der Waals surface area contributed by atoms with Gasteiger partial charge in [-0.1, -0.05) is 26.0 Å². The third-order valence-corrected chi connectivity index (χ3v) is 2.75. The van der Waals surface area contributed by atoms with E-state index >= 15 is 0 Å². The Morgan fingerprint density at radius 2 is 1.94 bits per heavy atom. The molecular weight excluding hydrogens is 228 g/mol. The number of benzene rings is 1. The predicted molar refractivity (Wildman–Crippen MR) is 72.3 cm³/mol. The molecule has 0 unspecified atom stereocenters. The number of nitrogens with two attached hydrogens (primary N) is 1. The fraction of sp³-hybridized carbons (Fsp3) is 0.500. The highest BCUT2D eigenvalue weighted by molar-refractivity contribution is 5.81. The van der Waals surface area contributed by atoms with Crippen molar-refractivity contribution in [2.45, 2.75) is 32.7 Å². The predicted octanol–water partition coefficient (Wildman–Crippen LogP) is 1.42. The highest BCUT2D eigenvalue weighted by Crippen LogP contribution is 2.10. The number of carbonyl (C=O) groups excluding carboxylic acids is 1. The van der Waals surface area contributed by atoms with Gasteiger partial charge < -0.3 is 16.2 Å². The van der Waals surface area contributed by atoms with E-state index in [1.54, 1.807) is 24.3 Å². The van der Waals surface area contributed by atoms with Crippen LogP contribution in [-0.4, -0.2) is 23.6 Å². The first-order valence-corrected chi connectivity index (χ1v) is 6.30. The lowest BCUT2D eigenvalue weighted by molar-refractivity contribution is -0.122. The normalized spacial score (nSPS) is 12.4. The molecule has 4 N–H and O–H groups in total. The molecule has 1 aromatic rings. The van der Waals surface area contributed by atoms with Crippen molar-refractivity contribution >= 4 is 5.91 Å². The zero-order valence-corrected chi connectivity index (χ0v) is 11.0. The largest absolute Gasteiger partial charge is 0.508 e. The highest BCUT2D eigenvalue weighted by Gasteiger charge is 2.13. The first-order chi connectivity index (χ1) is 8.49. The van der Waals surface area contributed by atoms with Crippen molar-refractivity contribution in [3.05, 3.63) is 29.8 Å². The molecule has 0 aliphatic heterocycles. The Balaban J connectivity index is 2.37. The van der Waals surface area contributed by atoms with Crippen LogP contribution < -0.4 is 11.1 Å². The van der Waals surface area contributed by atoms with Gasteiger partial charge in [-0.15, -0.1) is 0 Å². The number of aromatic hydroxyl groups is 1. The standard InChI is InChI=1S/C14H22N2O2/c1-10(2)7-8-16-14(18)13(15)9-11-3-5-12(17)6-4-11/h3-6,10,13,17H,7-9,15H2,1-2H3,(H,16,18)/t13-/m0/s1. The fourth-order valence-corrected chi connectivity index (χ4v) is 1.59. The second-order valence-electron chi connectivity index (χ2n) is 4.95. The molecule has 1 atom stereocenters. The van der Waals surface area contributed by atoms with Gasteiger partial charge in [0.1, 0.15) is 5.75 Å². The van der Waals surface area contributed by atoms with Crippen molar-refractivity contribution in [3.63, 3.8) is 0 Å². The smallest absolute Gasteiger partial charge is 0.237 e. The topological polar surface area (TPSA) is 75.4 Å². The third-order valence-electron chi connectivity index (χ3n) is 2.75. The molecule has 0 aliphatic carbocycles. The molecule has 0 radical (unpaired) electrons. The van der Waals surface area contributed by atoms with Crippen molar-refractivity contribution < 1.29 is 9.90 Å². The Bertz CT molecular complexity index is 374. The van der Waals surface area contributed by atoms with Crippen LogP contribution in [0.3, 0.4) is 0 Å². The van der Waals surface area contributed by atoms with Crippen LogP contribution in [0, 0.1) is 5.92 Å². The summed E-state index contributed by atoms with van der Waals surface area (Å²) >= 11 is 0. The van der Waals surface area contributed by atoms with E-state index in [0.29, 0.717) is 18.9 Å². The molecule has 1 amide bonds. The number of amides is 1. The van der Waals surface area contributed by atoms with E-state index in [4.69, 9.17) is 10.8 Å². The van der Waals surface area contributed by atoms with Crippen LogP contribution in [0.25, 0.3) is 0 Å². The number of nitrogens with one attached hydrogen (secondary N) is 1. The van der Waals surface area contributed by atoms with E-state index in [2.05, 4.69) is 19.2 Å². The van der Waals surface area contributed by atoms with Gasteiger partial charge in [-0.05, 0) is 36.5 Å². The van der Waals surface area contributed by atoms with E-state index in [-0.39, 0.29) is 11.7 Å². The first-order valence-electron chi connectivity index (χ1n) is 6.30. The van der Waals surface area contributed by atoms with Crippen LogP contribution in [-0.2, 0) is 11.2 Å². The van der Waals surface area contributed by atoms with Gasteiger partial charge in [0.15, 0.2) is 0 Å². The van der Waals surface area contributed by atoms with Crippen LogP contribution in [0.5, 0.6) is 5.75 Å². The second kappa shape index (κ2) is 7.01. The Hall–Kier alpha value is -1.55. The quantitative estimate of drug-likeness (QED) is 0.715. The average Bonchev–Trinajstić information content (AvgIpc) is 2.31. The number of carbonyl (C=O) groups is 1.